The number of nitrogens with one attached hydrogen (secondary N) is 1. The van der Waals surface area contributed by atoms with Gasteiger partial charge in [0.2, 0.25) is 0 Å². The number of hydrogen-bond donors (Lipinski definition) is 2. The Morgan fingerprint density at radius 2 is 2.15 bits per heavy atom. The lowest BCUT2D eigenvalue weighted by Crippen LogP contribution is -2.14. The summed E-state index contributed by atoms with van der Waals surface area (Å²) in [5, 5.41) is 3.87. The highest BCUT2D eigenvalue weighted by Gasteiger charge is 2.18. The molecule has 0 fully saturated rings. The molecule has 20 heavy (non-hydrogen) atoms. The summed E-state index contributed by atoms with van der Waals surface area (Å²) in [5.74, 6) is -0.479. The molecule has 1 aromatic carbocycles. The Bertz CT molecular complexity index is 740. The summed E-state index contributed by atoms with van der Waals surface area (Å²) in [6.45, 7) is 1.43. The second kappa shape index (κ2) is 5.22. The number of hydrogen-bond acceptors (Lipinski definition) is 4. The molecule has 0 saturated carbocycles. The van der Waals surface area contributed by atoms with Crippen molar-refractivity contribution in [3.05, 3.63) is 41.5 Å². The number of rotatable bonds is 4. The first-order chi connectivity index (χ1) is 9.33. The van der Waals surface area contributed by atoms with Crippen molar-refractivity contribution in [1.82, 2.24) is 9.78 Å². The molecule has 8 heteroatoms. The average Bonchev–Trinajstić information content (AvgIpc) is 2.77. The van der Waals surface area contributed by atoms with E-state index in [4.69, 9.17) is 5.73 Å². The van der Waals surface area contributed by atoms with Gasteiger partial charge >= 0.3 is 0 Å². The van der Waals surface area contributed by atoms with Gasteiger partial charge in [-0.15, -0.1) is 0 Å². The van der Waals surface area contributed by atoms with Gasteiger partial charge in [-0.2, -0.15) is 5.10 Å². The minimum atomic E-state index is -3.80. The zero-order chi connectivity index (χ0) is 14.9. The van der Waals surface area contributed by atoms with Crippen LogP contribution in [0.3, 0.4) is 0 Å². The van der Waals surface area contributed by atoms with Crippen molar-refractivity contribution in [2.24, 2.45) is 12.8 Å². The Balaban J connectivity index is 2.41. The lowest BCUT2D eigenvalue weighted by molar-refractivity contribution is 0.592. The summed E-state index contributed by atoms with van der Waals surface area (Å²) in [5.41, 5.74) is 6.16. The highest BCUT2D eigenvalue weighted by Crippen LogP contribution is 2.21. The molecule has 0 aliphatic heterocycles. The van der Waals surface area contributed by atoms with E-state index >= 15 is 0 Å². The molecule has 3 N–H and O–H groups in total. The molecule has 0 atom stereocenters. The van der Waals surface area contributed by atoms with Crippen LogP contribution in [0.1, 0.15) is 11.1 Å². The number of halogens is 1. The normalized spacial score (nSPS) is 11.6. The standard InChI is InChI=1S/C12H15FN4O2S/c1-8-3-11(4-9(5-14)12(8)13)20(18,19)16-10-6-15-17(2)7-10/h3-4,6-7,16H,5,14H2,1-2H3. The first-order valence-electron chi connectivity index (χ1n) is 5.84. The summed E-state index contributed by atoms with van der Waals surface area (Å²) in [6.07, 6.45) is 2.91. The quantitative estimate of drug-likeness (QED) is 0.885. The Labute approximate surface area is 116 Å². The van der Waals surface area contributed by atoms with E-state index in [0.29, 0.717) is 5.69 Å². The van der Waals surface area contributed by atoms with Crippen molar-refractivity contribution < 1.29 is 12.8 Å². The first-order valence-corrected chi connectivity index (χ1v) is 7.32. The molecule has 0 spiro atoms. The van der Waals surface area contributed by atoms with Crippen LogP contribution in [0.25, 0.3) is 0 Å². The molecule has 0 amide bonds. The SMILES string of the molecule is Cc1cc(S(=O)(=O)Nc2cnn(C)c2)cc(CN)c1F. The maximum atomic E-state index is 13.7. The number of anilines is 1. The maximum absolute atomic E-state index is 13.7. The number of aryl methyl sites for hydroxylation is 2. The minimum Gasteiger partial charge on any atom is -0.326 e. The molecular weight excluding hydrogens is 283 g/mol. The fraction of sp³-hybridized carbons (Fsp3) is 0.250. The molecule has 2 aromatic rings. The number of sulfonamides is 1. The molecule has 0 radical (unpaired) electrons. The van der Waals surface area contributed by atoms with E-state index in [-0.39, 0.29) is 22.6 Å². The van der Waals surface area contributed by atoms with E-state index < -0.39 is 15.8 Å². The van der Waals surface area contributed by atoms with Gasteiger partial charge in [-0.1, -0.05) is 0 Å². The van der Waals surface area contributed by atoms with E-state index in [1.54, 1.807) is 7.05 Å². The largest absolute Gasteiger partial charge is 0.326 e. The summed E-state index contributed by atoms with van der Waals surface area (Å²) >= 11 is 0. The van der Waals surface area contributed by atoms with E-state index in [9.17, 15) is 12.8 Å². The van der Waals surface area contributed by atoms with Crippen LogP contribution in [0.15, 0.2) is 29.4 Å². The van der Waals surface area contributed by atoms with Crippen molar-refractivity contribution in [2.75, 3.05) is 4.72 Å². The van der Waals surface area contributed by atoms with E-state index in [1.807, 2.05) is 0 Å². The maximum Gasteiger partial charge on any atom is 0.262 e. The average molecular weight is 298 g/mol. The van der Waals surface area contributed by atoms with Gasteiger partial charge in [0.25, 0.3) is 10.0 Å². The van der Waals surface area contributed by atoms with Gasteiger partial charge in [0.15, 0.2) is 0 Å². The van der Waals surface area contributed by atoms with E-state index in [2.05, 4.69) is 9.82 Å². The van der Waals surface area contributed by atoms with Gasteiger partial charge in [0.05, 0.1) is 16.8 Å². The van der Waals surface area contributed by atoms with Crippen molar-refractivity contribution >= 4 is 15.7 Å². The minimum absolute atomic E-state index is 0.0271. The molecule has 1 aromatic heterocycles. The summed E-state index contributed by atoms with van der Waals surface area (Å²) in [7, 11) is -2.12. The van der Waals surface area contributed by atoms with Crippen LogP contribution in [0, 0.1) is 12.7 Å². The predicted molar refractivity (Wildman–Crippen MR) is 73.0 cm³/mol. The number of benzene rings is 1. The van der Waals surface area contributed by atoms with Crippen molar-refractivity contribution in [3.8, 4) is 0 Å². The third-order valence-corrected chi connectivity index (χ3v) is 4.15. The highest BCUT2D eigenvalue weighted by molar-refractivity contribution is 7.92. The number of aromatic nitrogens is 2. The van der Waals surface area contributed by atoms with Gasteiger partial charge in [0, 0.05) is 25.4 Å². The van der Waals surface area contributed by atoms with Gasteiger partial charge in [-0.25, -0.2) is 12.8 Å². The van der Waals surface area contributed by atoms with Crippen molar-refractivity contribution in [1.29, 1.82) is 0 Å². The summed E-state index contributed by atoms with van der Waals surface area (Å²) in [4.78, 5) is -0.0271. The second-order valence-electron chi connectivity index (χ2n) is 4.43. The zero-order valence-corrected chi connectivity index (χ0v) is 11.9. The van der Waals surface area contributed by atoms with Gasteiger partial charge in [-0.3, -0.25) is 9.40 Å². The van der Waals surface area contributed by atoms with Crippen LogP contribution in [-0.4, -0.2) is 18.2 Å². The monoisotopic (exact) mass is 298 g/mol. The number of nitrogens with two attached hydrogens (primary N) is 1. The molecule has 1 heterocycles. The zero-order valence-electron chi connectivity index (χ0n) is 11.1. The molecule has 0 aliphatic carbocycles. The van der Waals surface area contributed by atoms with Gasteiger partial charge in [0.1, 0.15) is 5.82 Å². The lowest BCUT2D eigenvalue weighted by atomic mass is 10.1. The Kier molecular flexibility index (Phi) is 3.78. The van der Waals surface area contributed by atoms with Crippen LogP contribution in [0.5, 0.6) is 0 Å². The molecular formula is C12H15FN4O2S. The Morgan fingerprint density at radius 3 is 2.70 bits per heavy atom. The molecule has 0 unspecified atom stereocenters. The molecule has 0 saturated heterocycles. The number of nitrogens with zero attached hydrogens (tertiary/aromatic N) is 2. The van der Waals surface area contributed by atoms with E-state index in [0.717, 1.165) is 0 Å². The van der Waals surface area contributed by atoms with Crippen molar-refractivity contribution in [3.63, 3.8) is 0 Å². The molecule has 0 aliphatic rings. The van der Waals surface area contributed by atoms with Crippen LogP contribution < -0.4 is 10.5 Å². The molecule has 0 bridgehead atoms. The Hall–Kier alpha value is -1.93. The summed E-state index contributed by atoms with van der Waals surface area (Å²) in [6, 6.07) is 2.51. The summed E-state index contributed by atoms with van der Waals surface area (Å²) < 4.78 is 42.0. The molecule has 6 nitrogen and oxygen atoms in total. The lowest BCUT2D eigenvalue weighted by Gasteiger charge is -2.10. The third-order valence-electron chi connectivity index (χ3n) is 2.79. The molecule has 2 rings (SSSR count). The molecule has 108 valence electrons. The fourth-order valence-electron chi connectivity index (χ4n) is 1.80. The van der Waals surface area contributed by atoms with E-state index in [1.165, 1.54) is 36.1 Å². The third kappa shape index (κ3) is 2.81. The highest BCUT2D eigenvalue weighted by atomic mass is 32.2. The first kappa shape index (κ1) is 14.5. The van der Waals surface area contributed by atoms with Crippen LogP contribution in [0.2, 0.25) is 0 Å². The predicted octanol–water partition coefficient (Wildman–Crippen LogP) is 1.13. The smallest absolute Gasteiger partial charge is 0.262 e. The Morgan fingerprint density at radius 1 is 1.45 bits per heavy atom. The van der Waals surface area contributed by atoms with Crippen molar-refractivity contribution in [2.45, 2.75) is 18.4 Å². The van der Waals surface area contributed by atoms with Crippen LogP contribution in [0.4, 0.5) is 10.1 Å². The fourth-order valence-corrected chi connectivity index (χ4v) is 2.96. The second-order valence-corrected chi connectivity index (χ2v) is 6.11. The topological polar surface area (TPSA) is 90.0 Å². The van der Waals surface area contributed by atoms with Crippen LogP contribution in [-0.2, 0) is 23.6 Å². The van der Waals surface area contributed by atoms with Crippen LogP contribution >= 0.6 is 0 Å². The van der Waals surface area contributed by atoms with Gasteiger partial charge in [-0.05, 0) is 24.6 Å². The van der Waals surface area contributed by atoms with Gasteiger partial charge < -0.3 is 5.73 Å².